The van der Waals surface area contributed by atoms with Crippen LogP contribution in [-0.4, -0.2) is 6.18 Å². The van der Waals surface area contributed by atoms with E-state index in [1.165, 1.54) is 43.3 Å². The van der Waals surface area contributed by atoms with E-state index in [-0.39, 0.29) is 5.56 Å². The van der Waals surface area contributed by atoms with Crippen LogP contribution in [0.2, 0.25) is 0 Å². The van der Waals surface area contributed by atoms with Gasteiger partial charge in [-0.25, -0.2) is 0 Å². The van der Waals surface area contributed by atoms with Gasteiger partial charge in [0.05, 0.1) is 6.07 Å². The first-order chi connectivity index (χ1) is 10.8. The van der Waals surface area contributed by atoms with Crippen LogP contribution >= 0.6 is 0 Å². The molecule has 1 fully saturated rings. The highest BCUT2D eigenvalue weighted by Gasteiger charge is 2.68. The Labute approximate surface area is 130 Å². The van der Waals surface area contributed by atoms with Crippen molar-refractivity contribution in [3.63, 3.8) is 0 Å². The van der Waals surface area contributed by atoms with Crippen LogP contribution in [0.15, 0.2) is 41.7 Å². The van der Waals surface area contributed by atoms with Gasteiger partial charge in [0.2, 0.25) is 5.60 Å². The SMILES string of the molecule is CC1C(C#N)C(=C(C#N)C#N)OC1(c1ccccc1)C(F)(F)F. The number of alkyl halides is 3. The Kier molecular flexibility index (Phi) is 4.04. The van der Waals surface area contributed by atoms with Crippen LogP contribution < -0.4 is 0 Å². The molecule has 1 saturated heterocycles. The number of rotatable bonds is 1. The van der Waals surface area contributed by atoms with E-state index >= 15 is 0 Å². The molecule has 1 aromatic rings. The number of hydrogen-bond acceptors (Lipinski definition) is 4. The van der Waals surface area contributed by atoms with Gasteiger partial charge in [-0.3, -0.25) is 0 Å². The van der Waals surface area contributed by atoms with Gasteiger partial charge in [0.15, 0.2) is 5.57 Å². The summed E-state index contributed by atoms with van der Waals surface area (Å²) in [6.45, 7) is 1.23. The molecule has 2 rings (SSSR count). The predicted molar refractivity (Wildman–Crippen MR) is 71.8 cm³/mol. The van der Waals surface area contributed by atoms with Gasteiger partial charge in [0, 0.05) is 11.5 Å². The number of nitriles is 3. The van der Waals surface area contributed by atoms with Crippen molar-refractivity contribution in [3.05, 3.63) is 47.2 Å². The molecule has 1 aliphatic rings. The van der Waals surface area contributed by atoms with Crippen LogP contribution in [0.3, 0.4) is 0 Å². The molecule has 3 unspecified atom stereocenters. The summed E-state index contributed by atoms with van der Waals surface area (Å²) in [6.07, 6.45) is -4.83. The van der Waals surface area contributed by atoms with Crippen molar-refractivity contribution >= 4 is 0 Å². The van der Waals surface area contributed by atoms with Crippen molar-refractivity contribution in [2.24, 2.45) is 11.8 Å². The molecule has 0 spiro atoms. The van der Waals surface area contributed by atoms with Gasteiger partial charge in [-0.1, -0.05) is 37.3 Å². The third-order valence-corrected chi connectivity index (χ3v) is 3.93. The Morgan fingerprint density at radius 2 is 1.70 bits per heavy atom. The van der Waals surface area contributed by atoms with E-state index < -0.39 is 34.9 Å². The third-order valence-electron chi connectivity index (χ3n) is 3.93. The molecule has 7 heteroatoms. The maximum atomic E-state index is 13.9. The van der Waals surface area contributed by atoms with E-state index in [2.05, 4.69) is 0 Å². The van der Waals surface area contributed by atoms with Crippen molar-refractivity contribution in [2.45, 2.75) is 18.7 Å². The maximum Gasteiger partial charge on any atom is 0.432 e. The smallest absolute Gasteiger partial charge is 0.432 e. The number of benzene rings is 1. The average molecular weight is 317 g/mol. The summed E-state index contributed by atoms with van der Waals surface area (Å²) in [5.74, 6) is -3.18. The number of nitrogens with zero attached hydrogens (tertiary/aromatic N) is 3. The summed E-state index contributed by atoms with van der Waals surface area (Å²) >= 11 is 0. The number of hydrogen-bond donors (Lipinski definition) is 0. The summed E-state index contributed by atoms with van der Waals surface area (Å²) < 4.78 is 46.8. The second-order valence-corrected chi connectivity index (χ2v) is 5.06. The lowest BCUT2D eigenvalue weighted by Crippen LogP contribution is -2.46. The van der Waals surface area contributed by atoms with Crippen LogP contribution in [-0.2, 0) is 10.3 Å². The first-order valence-corrected chi connectivity index (χ1v) is 6.58. The highest BCUT2D eigenvalue weighted by atomic mass is 19.4. The molecule has 116 valence electrons. The first-order valence-electron chi connectivity index (χ1n) is 6.58. The first kappa shape index (κ1) is 16.4. The Hall–Kier alpha value is -2.98. The van der Waals surface area contributed by atoms with Crippen molar-refractivity contribution in [1.82, 2.24) is 0 Å². The van der Waals surface area contributed by atoms with Crippen molar-refractivity contribution in [1.29, 1.82) is 15.8 Å². The topological polar surface area (TPSA) is 80.6 Å². The van der Waals surface area contributed by atoms with E-state index in [0.717, 1.165) is 0 Å². The highest BCUT2D eigenvalue weighted by molar-refractivity contribution is 5.44. The lowest BCUT2D eigenvalue weighted by Gasteiger charge is -2.35. The molecular formula is C16H10F3N3O. The molecule has 1 aromatic carbocycles. The van der Waals surface area contributed by atoms with Crippen LogP contribution in [0.4, 0.5) is 13.2 Å². The lowest BCUT2D eigenvalue weighted by molar-refractivity contribution is -0.274. The number of halogens is 3. The van der Waals surface area contributed by atoms with Crippen molar-refractivity contribution < 1.29 is 17.9 Å². The molecule has 0 N–H and O–H groups in total. The molecule has 0 amide bonds. The van der Waals surface area contributed by atoms with E-state index in [0.29, 0.717) is 0 Å². The monoisotopic (exact) mass is 317 g/mol. The summed E-state index contributed by atoms with van der Waals surface area (Å²) in [5, 5.41) is 27.1. The van der Waals surface area contributed by atoms with E-state index in [1.807, 2.05) is 0 Å². The van der Waals surface area contributed by atoms with Crippen LogP contribution in [0.25, 0.3) is 0 Å². The molecule has 0 aromatic heterocycles. The van der Waals surface area contributed by atoms with Crippen molar-refractivity contribution in [2.75, 3.05) is 0 Å². The lowest BCUT2D eigenvalue weighted by atomic mass is 9.77. The van der Waals surface area contributed by atoms with Gasteiger partial charge in [0.1, 0.15) is 23.8 Å². The van der Waals surface area contributed by atoms with Crippen LogP contribution in [0, 0.1) is 45.8 Å². The third kappa shape index (κ3) is 2.29. The molecule has 3 atom stereocenters. The maximum absolute atomic E-state index is 13.9. The fraction of sp³-hybridized carbons (Fsp3) is 0.312. The summed E-state index contributed by atoms with van der Waals surface area (Å²) in [7, 11) is 0. The number of allylic oxidation sites excluding steroid dienone is 2. The molecule has 23 heavy (non-hydrogen) atoms. The van der Waals surface area contributed by atoms with Gasteiger partial charge in [-0.2, -0.15) is 29.0 Å². The molecule has 1 heterocycles. The minimum absolute atomic E-state index is 0.175. The van der Waals surface area contributed by atoms with Gasteiger partial charge in [0.25, 0.3) is 0 Å². The molecule has 4 nitrogen and oxygen atoms in total. The fourth-order valence-electron chi connectivity index (χ4n) is 2.79. The standard InChI is InChI=1S/C16H10F3N3O/c1-10-13(9-22)14(11(7-20)8-21)23-15(10,16(17,18)19)12-5-3-2-4-6-12/h2-6,10,13H,1H3. The van der Waals surface area contributed by atoms with Gasteiger partial charge in [-0.15, -0.1) is 0 Å². The van der Waals surface area contributed by atoms with E-state index in [4.69, 9.17) is 15.3 Å². The summed E-state index contributed by atoms with van der Waals surface area (Å²) in [5.41, 5.74) is -3.57. The Balaban J connectivity index is 2.78. The zero-order chi connectivity index (χ0) is 17.3. The zero-order valence-corrected chi connectivity index (χ0v) is 11.9. The fourth-order valence-corrected chi connectivity index (χ4v) is 2.79. The molecule has 0 saturated carbocycles. The Bertz CT molecular complexity index is 749. The molecule has 1 aliphatic heterocycles. The van der Waals surface area contributed by atoms with E-state index in [9.17, 15) is 18.4 Å². The van der Waals surface area contributed by atoms with Gasteiger partial charge < -0.3 is 4.74 Å². The minimum atomic E-state index is -4.83. The Morgan fingerprint density at radius 3 is 2.13 bits per heavy atom. The predicted octanol–water partition coefficient (Wildman–Crippen LogP) is 3.55. The second kappa shape index (κ2) is 5.66. The highest BCUT2D eigenvalue weighted by Crippen LogP contribution is 2.57. The van der Waals surface area contributed by atoms with Crippen LogP contribution in [0.5, 0.6) is 0 Å². The molecular weight excluding hydrogens is 307 g/mol. The normalized spacial score (nSPS) is 26.6. The average Bonchev–Trinajstić information content (AvgIpc) is 2.83. The molecule has 0 radical (unpaired) electrons. The summed E-state index contributed by atoms with van der Waals surface area (Å²) in [6, 6.07) is 11.6. The minimum Gasteiger partial charge on any atom is -0.473 e. The van der Waals surface area contributed by atoms with Gasteiger partial charge >= 0.3 is 6.18 Å². The van der Waals surface area contributed by atoms with Gasteiger partial charge in [-0.05, 0) is 0 Å². The second-order valence-electron chi connectivity index (χ2n) is 5.06. The Morgan fingerprint density at radius 1 is 1.13 bits per heavy atom. The molecule has 0 aliphatic carbocycles. The van der Waals surface area contributed by atoms with Crippen LogP contribution in [0.1, 0.15) is 12.5 Å². The number of ether oxygens (including phenoxy) is 1. The summed E-state index contributed by atoms with van der Waals surface area (Å²) in [4.78, 5) is 0. The zero-order valence-electron chi connectivity index (χ0n) is 11.9. The van der Waals surface area contributed by atoms with E-state index in [1.54, 1.807) is 12.1 Å². The largest absolute Gasteiger partial charge is 0.473 e. The van der Waals surface area contributed by atoms with Crippen molar-refractivity contribution in [3.8, 4) is 18.2 Å². The quantitative estimate of drug-likeness (QED) is 0.742. The molecule has 0 bridgehead atoms.